The maximum absolute atomic E-state index is 13.3. The van der Waals surface area contributed by atoms with E-state index in [9.17, 15) is 4.79 Å². The summed E-state index contributed by atoms with van der Waals surface area (Å²) in [6.07, 6.45) is 0. The number of carbonyl (C=O) groups excluding carboxylic acids is 1. The predicted molar refractivity (Wildman–Crippen MR) is 134 cm³/mol. The summed E-state index contributed by atoms with van der Waals surface area (Å²) in [7, 11) is 0. The highest BCUT2D eigenvalue weighted by atomic mass is 35.5. The van der Waals surface area contributed by atoms with E-state index < -0.39 is 6.04 Å². The lowest BCUT2D eigenvalue weighted by Crippen LogP contribution is -2.46. The first-order chi connectivity index (χ1) is 16.4. The number of aromatic nitrogens is 2. The third-order valence-electron chi connectivity index (χ3n) is 5.77. The van der Waals surface area contributed by atoms with E-state index in [-0.39, 0.29) is 6.03 Å². The maximum Gasteiger partial charge on any atom is 0.326 e. The Morgan fingerprint density at radius 2 is 1.76 bits per heavy atom. The molecule has 8 heteroatoms. The van der Waals surface area contributed by atoms with Gasteiger partial charge in [0.15, 0.2) is 0 Å². The Kier molecular flexibility index (Phi) is 5.86. The number of nitrogens with zero attached hydrogens (tertiary/aromatic N) is 3. The molecule has 2 amide bonds. The number of urea groups is 1. The van der Waals surface area contributed by atoms with Gasteiger partial charge in [-0.3, -0.25) is 4.90 Å². The van der Waals surface area contributed by atoms with Crippen molar-refractivity contribution < 1.29 is 9.32 Å². The number of hydrogen-bond donors (Lipinski definition) is 1. The van der Waals surface area contributed by atoms with Gasteiger partial charge in [0.2, 0.25) is 5.82 Å². The van der Waals surface area contributed by atoms with Crippen molar-refractivity contribution in [1.29, 1.82) is 0 Å². The van der Waals surface area contributed by atoms with Crippen LogP contribution in [0.5, 0.6) is 0 Å². The molecular weight excluding hydrogens is 471 g/mol. The Morgan fingerprint density at radius 1 is 0.971 bits per heavy atom. The van der Waals surface area contributed by atoms with Gasteiger partial charge in [-0.15, -0.1) is 0 Å². The highest BCUT2D eigenvalue weighted by Gasteiger charge is 2.36. The van der Waals surface area contributed by atoms with Crippen molar-refractivity contribution >= 4 is 40.5 Å². The zero-order valence-corrected chi connectivity index (χ0v) is 19.9. The molecule has 0 saturated heterocycles. The van der Waals surface area contributed by atoms with Crippen LogP contribution in [0.15, 0.2) is 83.0 Å². The second-order valence-electron chi connectivity index (χ2n) is 7.99. The van der Waals surface area contributed by atoms with E-state index in [0.29, 0.717) is 38.7 Å². The number of aryl methyl sites for hydroxylation is 1. The van der Waals surface area contributed by atoms with Crippen molar-refractivity contribution in [3.63, 3.8) is 0 Å². The number of carbonyl (C=O) groups is 1. The van der Waals surface area contributed by atoms with Gasteiger partial charge < -0.3 is 9.84 Å². The van der Waals surface area contributed by atoms with Crippen LogP contribution in [-0.2, 0) is 0 Å². The molecular formula is C26H20Cl2N4O2. The first-order valence-electron chi connectivity index (χ1n) is 10.6. The number of anilines is 1. The quantitative estimate of drug-likeness (QED) is 0.332. The summed E-state index contributed by atoms with van der Waals surface area (Å²) >= 11 is 12.5. The summed E-state index contributed by atoms with van der Waals surface area (Å²) < 4.78 is 5.72. The third kappa shape index (κ3) is 4.06. The molecule has 5 rings (SSSR count). The molecule has 170 valence electrons. The van der Waals surface area contributed by atoms with Crippen LogP contribution in [-0.4, -0.2) is 16.2 Å². The van der Waals surface area contributed by atoms with Crippen molar-refractivity contribution in [3.05, 3.63) is 106 Å². The minimum Gasteiger partial charge on any atom is -0.334 e. The molecule has 1 aliphatic heterocycles. The van der Waals surface area contributed by atoms with Gasteiger partial charge in [-0.25, -0.2) is 4.79 Å². The number of allylic oxidation sites excluding steroid dienone is 1. The number of benzene rings is 3. The molecule has 1 aromatic heterocycles. The molecule has 1 aliphatic rings. The lowest BCUT2D eigenvalue weighted by molar-refractivity contribution is 0.244. The Labute approximate surface area is 206 Å². The maximum atomic E-state index is 13.3. The van der Waals surface area contributed by atoms with Gasteiger partial charge in [-0.05, 0) is 49.2 Å². The van der Waals surface area contributed by atoms with Crippen LogP contribution in [0.25, 0.3) is 17.0 Å². The van der Waals surface area contributed by atoms with E-state index >= 15 is 0 Å². The van der Waals surface area contributed by atoms with E-state index in [1.165, 1.54) is 0 Å². The van der Waals surface area contributed by atoms with Gasteiger partial charge in [0.05, 0.1) is 17.3 Å². The van der Waals surface area contributed by atoms with Gasteiger partial charge >= 0.3 is 6.03 Å². The monoisotopic (exact) mass is 490 g/mol. The van der Waals surface area contributed by atoms with Gasteiger partial charge in [0.1, 0.15) is 0 Å². The van der Waals surface area contributed by atoms with E-state index in [0.717, 1.165) is 16.7 Å². The van der Waals surface area contributed by atoms with Crippen LogP contribution < -0.4 is 10.2 Å². The van der Waals surface area contributed by atoms with Crippen LogP contribution in [0, 0.1) is 6.92 Å². The van der Waals surface area contributed by atoms with Crippen LogP contribution in [0.2, 0.25) is 10.0 Å². The van der Waals surface area contributed by atoms with Crippen LogP contribution in [0.1, 0.15) is 30.0 Å². The van der Waals surface area contributed by atoms with Gasteiger partial charge in [0, 0.05) is 21.3 Å². The molecule has 1 atom stereocenters. The van der Waals surface area contributed by atoms with E-state index in [1.807, 2.05) is 68.4 Å². The SMILES string of the molecule is CC1=C(c2nc(-c3cccc(Cl)c3)no2)C(c2ccccc2)NC(=O)N1c1ccc(C)c(Cl)c1. The topological polar surface area (TPSA) is 71.3 Å². The van der Waals surface area contributed by atoms with Gasteiger partial charge in [-0.1, -0.05) is 76.9 Å². The smallest absolute Gasteiger partial charge is 0.326 e. The minimum absolute atomic E-state index is 0.274. The van der Waals surface area contributed by atoms with Crippen LogP contribution >= 0.6 is 23.2 Å². The molecule has 0 radical (unpaired) electrons. The Balaban J connectivity index is 1.66. The Hall–Kier alpha value is -3.61. The third-order valence-corrected chi connectivity index (χ3v) is 6.41. The highest BCUT2D eigenvalue weighted by molar-refractivity contribution is 6.31. The molecule has 0 aliphatic carbocycles. The summed E-state index contributed by atoms with van der Waals surface area (Å²) in [4.78, 5) is 19.5. The number of hydrogen-bond acceptors (Lipinski definition) is 4. The van der Waals surface area contributed by atoms with E-state index in [2.05, 4.69) is 15.5 Å². The van der Waals surface area contributed by atoms with Crippen molar-refractivity contribution in [2.45, 2.75) is 19.9 Å². The highest BCUT2D eigenvalue weighted by Crippen LogP contribution is 2.39. The summed E-state index contributed by atoms with van der Waals surface area (Å²) in [5, 5.41) is 8.42. The van der Waals surface area contributed by atoms with Crippen molar-refractivity contribution in [2.24, 2.45) is 0 Å². The summed E-state index contributed by atoms with van der Waals surface area (Å²) in [5.41, 5.74) is 4.56. The lowest BCUT2D eigenvalue weighted by Gasteiger charge is -2.35. The normalized spacial score (nSPS) is 16.1. The Morgan fingerprint density at radius 3 is 2.50 bits per heavy atom. The number of halogens is 2. The standard InChI is InChI=1S/C26H20Cl2N4O2/c1-15-11-12-20(14-21(15)28)32-16(2)22(23(29-26(32)33)17-7-4-3-5-8-17)25-30-24(31-34-25)18-9-6-10-19(27)13-18/h3-14,23H,1-2H3,(H,29,33). The minimum atomic E-state index is -0.474. The van der Waals surface area contributed by atoms with E-state index in [4.69, 9.17) is 27.7 Å². The van der Waals surface area contributed by atoms with Gasteiger partial charge in [0.25, 0.3) is 5.89 Å². The summed E-state index contributed by atoms with van der Waals surface area (Å²) in [6, 6.07) is 21.7. The predicted octanol–water partition coefficient (Wildman–Crippen LogP) is 7.05. The zero-order valence-electron chi connectivity index (χ0n) is 18.4. The second-order valence-corrected chi connectivity index (χ2v) is 8.84. The number of nitrogens with one attached hydrogen (secondary N) is 1. The largest absolute Gasteiger partial charge is 0.334 e. The molecule has 0 bridgehead atoms. The first kappa shape index (κ1) is 22.2. The molecule has 6 nitrogen and oxygen atoms in total. The fourth-order valence-corrected chi connectivity index (χ4v) is 4.39. The summed E-state index contributed by atoms with van der Waals surface area (Å²) in [6.45, 7) is 3.78. The molecule has 1 N–H and O–H groups in total. The van der Waals surface area contributed by atoms with E-state index in [1.54, 1.807) is 23.1 Å². The number of amides is 2. The second kappa shape index (κ2) is 8.97. The zero-order chi connectivity index (χ0) is 23.8. The van der Waals surface area contributed by atoms with Gasteiger partial charge in [-0.2, -0.15) is 4.98 Å². The average molecular weight is 491 g/mol. The average Bonchev–Trinajstić information content (AvgIpc) is 3.31. The molecule has 2 heterocycles. The molecule has 4 aromatic rings. The fourth-order valence-electron chi connectivity index (χ4n) is 4.03. The molecule has 0 saturated carbocycles. The molecule has 0 spiro atoms. The Bertz CT molecular complexity index is 1420. The van der Waals surface area contributed by atoms with Crippen LogP contribution in [0.3, 0.4) is 0 Å². The van der Waals surface area contributed by atoms with Crippen molar-refractivity contribution in [2.75, 3.05) is 4.90 Å². The molecule has 3 aromatic carbocycles. The molecule has 0 fully saturated rings. The van der Waals surface area contributed by atoms with Crippen molar-refractivity contribution in [3.8, 4) is 11.4 Å². The van der Waals surface area contributed by atoms with Crippen molar-refractivity contribution in [1.82, 2.24) is 15.5 Å². The lowest BCUT2D eigenvalue weighted by atomic mass is 9.94. The first-order valence-corrected chi connectivity index (χ1v) is 11.4. The van der Waals surface area contributed by atoms with Crippen LogP contribution in [0.4, 0.5) is 10.5 Å². The number of rotatable bonds is 4. The summed E-state index contributed by atoms with van der Waals surface area (Å²) in [5.74, 6) is 0.718. The fraction of sp³-hybridized carbons (Fsp3) is 0.115. The molecule has 34 heavy (non-hydrogen) atoms. The molecule has 1 unspecified atom stereocenters.